The Morgan fingerprint density at radius 1 is 1.24 bits per heavy atom. The number of benzene rings is 1. The molecule has 0 amide bonds. The molecule has 0 fully saturated rings. The maximum atomic E-state index is 6.00. The number of methoxy groups -OCH3 is 1. The number of rotatable bonds is 2. The molecule has 4 heteroatoms. The van der Waals surface area contributed by atoms with Crippen molar-refractivity contribution in [3.05, 3.63) is 41.0 Å². The second-order valence-corrected chi connectivity index (χ2v) is 4.23. The van der Waals surface area contributed by atoms with Crippen LogP contribution in [0.2, 0.25) is 5.02 Å². The van der Waals surface area contributed by atoms with Crippen molar-refractivity contribution in [2.45, 2.75) is 6.92 Å². The predicted octanol–water partition coefficient (Wildman–Crippen LogP) is 3.30. The molecule has 0 radical (unpaired) electrons. The summed E-state index contributed by atoms with van der Waals surface area (Å²) in [4.78, 5) is 4.14. The third-order valence-electron chi connectivity index (χ3n) is 2.51. The van der Waals surface area contributed by atoms with Crippen molar-refractivity contribution >= 4 is 17.4 Å². The van der Waals surface area contributed by atoms with Crippen LogP contribution < -0.4 is 10.5 Å². The molecule has 0 aliphatic rings. The summed E-state index contributed by atoms with van der Waals surface area (Å²) in [7, 11) is 1.62. The summed E-state index contributed by atoms with van der Waals surface area (Å²) in [6, 6.07) is 7.40. The second-order valence-electron chi connectivity index (χ2n) is 3.79. The molecule has 17 heavy (non-hydrogen) atoms. The van der Waals surface area contributed by atoms with Gasteiger partial charge in [0, 0.05) is 22.3 Å². The SMILES string of the molecule is COc1ccc(Cl)cc1-c1cc(C)cnc1N. The molecular weight excluding hydrogens is 236 g/mol. The van der Waals surface area contributed by atoms with Crippen molar-refractivity contribution in [2.75, 3.05) is 12.8 Å². The maximum absolute atomic E-state index is 6.00. The van der Waals surface area contributed by atoms with Gasteiger partial charge in [0.25, 0.3) is 0 Å². The van der Waals surface area contributed by atoms with Crippen LogP contribution in [0.4, 0.5) is 5.82 Å². The lowest BCUT2D eigenvalue weighted by Crippen LogP contribution is -1.96. The molecular formula is C13H13ClN2O. The van der Waals surface area contributed by atoms with Crippen LogP contribution in [0, 0.1) is 6.92 Å². The lowest BCUT2D eigenvalue weighted by atomic mass is 10.0. The Bertz CT molecular complexity index is 555. The second kappa shape index (κ2) is 4.63. The highest BCUT2D eigenvalue weighted by molar-refractivity contribution is 6.31. The fourth-order valence-electron chi connectivity index (χ4n) is 1.69. The van der Waals surface area contributed by atoms with Gasteiger partial charge in [0.15, 0.2) is 0 Å². The van der Waals surface area contributed by atoms with Gasteiger partial charge in [-0.25, -0.2) is 4.98 Å². The molecule has 0 saturated heterocycles. The maximum Gasteiger partial charge on any atom is 0.131 e. The third kappa shape index (κ3) is 2.34. The first kappa shape index (κ1) is 11.7. The minimum absolute atomic E-state index is 0.469. The zero-order valence-corrected chi connectivity index (χ0v) is 10.5. The number of ether oxygens (including phenoxy) is 1. The highest BCUT2D eigenvalue weighted by atomic mass is 35.5. The van der Waals surface area contributed by atoms with Crippen LogP contribution >= 0.6 is 11.6 Å². The van der Waals surface area contributed by atoms with Crippen LogP contribution in [0.15, 0.2) is 30.5 Å². The lowest BCUT2D eigenvalue weighted by Gasteiger charge is -2.11. The fraction of sp³-hybridized carbons (Fsp3) is 0.154. The van der Waals surface area contributed by atoms with Gasteiger partial charge in [-0.1, -0.05) is 11.6 Å². The van der Waals surface area contributed by atoms with Crippen LogP contribution in [0.1, 0.15) is 5.56 Å². The van der Waals surface area contributed by atoms with E-state index in [0.29, 0.717) is 10.8 Å². The van der Waals surface area contributed by atoms with Crippen LogP contribution in [-0.2, 0) is 0 Å². The van der Waals surface area contributed by atoms with Gasteiger partial charge in [0.1, 0.15) is 11.6 Å². The zero-order valence-electron chi connectivity index (χ0n) is 9.70. The molecule has 88 valence electrons. The molecule has 2 rings (SSSR count). The summed E-state index contributed by atoms with van der Waals surface area (Å²) in [5.41, 5.74) is 8.62. The number of nitrogens with zero attached hydrogens (tertiary/aromatic N) is 1. The van der Waals surface area contributed by atoms with Gasteiger partial charge in [0.2, 0.25) is 0 Å². The van der Waals surface area contributed by atoms with Crippen molar-refractivity contribution < 1.29 is 4.74 Å². The topological polar surface area (TPSA) is 48.1 Å². The molecule has 0 spiro atoms. The molecule has 1 aromatic heterocycles. The van der Waals surface area contributed by atoms with Crippen molar-refractivity contribution in [2.24, 2.45) is 0 Å². The first-order valence-corrected chi connectivity index (χ1v) is 5.55. The van der Waals surface area contributed by atoms with E-state index in [1.807, 2.05) is 25.1 Å². The van der Waals surface area contributed by atoms with Crippen molar-refractivity contribution in [3.63, 3.8) is 0 Å². The standard InChI is InChI=1S/C13H13ClN2O/c1-8-5-11(13(15)16-7-8)10-6-9(14)3-4-12(10)17-2/h3-7H,1-2H3,(H2,15,16). The number of nitrogens with two attached hydrogens (primary N) is 1. The molecule has 2 N–H and O–H groups in total. The van der Waals surface area contributed by atoms with E-state index in [2.05, 4.69) is 4.98 Å². The van der Waals surface area contributed by atoms with Gasteiger partial charge in [-0.15, -0.1) is 0 Å². The normalized spacial score (nSPS) is 10.3. The highest BCUT2D eigenvalue weighted by Gasteiger charge is 2.10. The van der Waals surface area contributed by atoms with Crippen LogP contribution in [0.3, 0.4) is 0 Å². The highest BCUT2D eigenvalue weighted by Crippen LogP contribution is 2.35. The Kier molecular flexibility index (Phi) is 3.20. The summed E-state index contributed by atoms with van der Waals surface area (Å²) in [6.07, 6.45) is 1.73. The zero-order chi connectivity index (χ0) is 12.4. The smallest absolute Gasteiger partial charge is 0.131 e. The molecule has 0 aliphatic heterocycles. The molecule has 0 atom stereocenters. The van der Waals surface area contributed by atoms with E-state index in [-0.39, 0.29) is 0 Å². The Hall–Kier alpha value is -1.74. The van der Waals surface area contributed by atoms with Crippen molar-refractivity contribution in [1.82, 2.24) is 4.98 Å². The number of aromatic nitrogens is 1. The van der Waals surface area contributed by atoms with Gasteiger partial charge >= 0.3 is 0 Å². The summed E-state index contributed by atoms with van der Waals surface area (Å²) in [6.45, 7) is 1.97. The van der Waals surface area contributed by atoms with E-state index in [0.717, 1.165) is 22.4 Å². The first-order chi connectivity index (χ1) is 8.11. The minimum Gasteiger partial charge on any atom is -0.496 e. The van der Waals surface area contributed by atoms with Gasteiger partial charge in [0.05, 0.1) is 7.11 Å². The van der Waals surface area contributed by atoms with E-state index in [4.69, 9.17) is 22.1 Å². The summed E-state index contributed by atoms with van der Waals surface area (Å²) < 4.78 is 5.31. The third-order valence-corrected chi connectivity index (χ3v) is 2.74. The van der Waals surface area contributed by atoms with Gasteiger partial charge in [-0.2, -0.15) is 0 Å². The Balaban J connectivity index is 2.66. The molecule has 0 bridgehead atoms. The molecule has 0 saturated carbocycles. The number of aryl methyl sites for hydroxylation is 1. The first-order valence-electron chi connectivity index (χ1n) is 5.18. The average Bonchev–Trinajstić information content (AvgIpc) is 2.32. The van der Waals surface area contributed by atoms with E-state index in [1.54, 1.807) is 19.4 Å². The summed E-state index contributed by atoms with van der Waals surface area (Å²) >= 11 is 6.00. The van der Waals surface area contributed by atoms with Crippen LogP contribution in [-0.4, -0.2) is 12.1 Å². The molecule has 1 heterocycles. The predicted molar refractivity (Wildman–Crippen MR) is 70.4 cm³/mol. The number of pyridine rings is 1. The Labute approximate surface area is 105 Å². The van der Waals surface area contributed by atoms with E-state index in [9.17, 15) is 0 Å². The fourth-order valence-corrected chi connectivity index (χ4v) is 1.86. The van der Waals surface area contributed by atoms with Crippen molar-refractivity contribution in [1.29, 1.82) is 0 Å². The molecule has 2 aromatic rings. The molecule has 0 aliphatic carbocycles. The van der Waals surface area contributed by atoms with E-state index < -0.39 is 0 Å². The summed E-state index contributed by atoms with van der Waals surface area (Å²) in [5.74, 6) is 1.20. The largest absolute Gasteiger partial charge is 0.496 e. The van der Waals surface area contributed by atoms with Crippen LogP contribution in [0.5, 0.6) is 5.75 Å². The monoisotopic (exact) mass is 248 g/mol. The number of anilines is 1. The molecule has 3 nitrogen and oxygen atoms in total. The Morgan fingerprint density at radius 2 is 2.00 bits per heavy atom. The number of hydrogen-bond acceptors (Lipinski definition) is 3. The Morgan fingerprint density at radius 3 is 2.71 bits per heavy atom. The number of halogens is 1. The molecule has 0 unspecified atom stereocenters. The minimum atomic E-state index is 0.469. The van der Waals surface area contributed by atoms with Crippen molar-refractivity contribution in [3.8, 4) is 16.9 Å². The van der Waals surface area contributed by atoms with Gasteiger partial charge in [-0.3, -0.25) is 0 Å². The molecule has 1 aromatic carbocycles. The average molecular weight is 249 g/mol. The summed E-state index contributed by atoms with van der Waals surface area (Å²) in [5, 5.41) is 0.640. The van der Waals surface area contributed by atoms with Gasteiger partial charge in [-0.05, 0) is 36.8 Å². The quantitative estimate of drug-likeness (QED) is 0.887. The van der Waals surface area contributed by atoms with Gasteiger partial charge < -0.3 is 10.5 Å². The van der Waals surface area contributed by atoms with E-state index >= 15 is 0 Å². The number of hydrogen-bond donors (Lipinski definition) is 1. The lowest BCUT2D eigenvalue weighted by molar-refractivity contribution is 0.416. The van der Waals surface area contributed by atoms with Crippen LogP contribution in [0.25, 0.3) is 11.1 Å². The number of nitrogen functional groups attached to an aromatic ring is 1. The van der Waals surface area contributed by atoms with E-state index in [1.165, 1.54) is 0 Å².